The van der Waals surface area contributed by atoms with Crippen molar-refractivity contribution in [2.24, 2.45) is 0 Å². The molecule has 0 saturated heterocycles. The van der Waals surface area contributed by atoms with Crippen molar-refractivity contribution in [2.75, 3.05) is 40.9 Å². The molecule has 0 saturated carbocycles. The van der Waals surface area contributed by atoms with E-state index < -0.39 is 20.0 Å². The van der Waals surface area contributed by atoms with Crippen molar-refractivity contribution in [3.05, 3.63) is 109 Å². The van der Waals surface area contributed by atoms with Crippen LogP contribution in [0.3, 0.4) is 0 Å². The molecule has 1 amide bonds. The van der Waals surface area contributed by atoms with Crippen LogP contribution in [0.2, 0.25) is 0 Å². The molecule has 8 nitrogen and oxygen atoms in total. The molecule has 0 radical (unpaired) electrons. The van der Waals surface area contributed by atoms with Crippen molar-refractivity contribution in [2.45, 2.75) is 347 Å². The lowest BCUT2D eigenvalue weighted by molar-refractivity contribution is -0.870. The van der Waals surface area contributed by atoms with Crippen LogP contribution in [0.4, 0.5) is 0 Å². The van der Waals surface area contributed by atoms with Crippen LogP contribution >= 0.6 is 7.82 Å². The molecule has 0 spiro atoms. The van der Waals surface area contributed by atoms with Gasteiger partial charge in [-0.2, -0.15) is 0 Å². The monoisotopic (exact) mass is 1250 g/mol. The van der Waals surface area contributed by atoms with Crippen molar-refractivity contribution in [3.8, 4) is 0 Å². The molecule has 3 N–H and O–H groups in total. The van der Waals surface area contributed by atoms with Gasteiger partial charge in [0.05, 0.1) is 39.9 Å². The Morgan fingerprint density at radius 1 is 0.398 bits per heavy atom. The third kappa shape index (κ3) is 70.6. The SMILES string of the molecule is CC/C=C\C/C=C\C/C=C\C/C=C\C/C=C\C/C=C\C/C=C\C/C=C\CCCCCCCCCCCCCCCCC(=O)NC(COP(=O)(O)OCC[N+](C)(C)C)C(O)/C=C/CCCCCCCCCCCCCCCCCCCCCCCCCCC. The minimum absolute atomic E-state index is 0.0587. The van der Waals surface area contributed by atoms with Crippen LogP contribution in [0.15, 0.2) is 109 Å². The number of phosphoric ester groups is 1. The maximum Gasteiger partial charge on any atom is 0.472 e. The Kier molecular flexibility index (Phi) is 66.3. The van der Waals surface area contributed by atoms with Gasteiger partial charge in [-0.15, -0.1) is 0 Å². The quantitative estimate of drug-likeness (QED) is 0.0243. The number of rotatable bonds is 68. The molecule has 3 atom stereocenters. The van der Waals surface area contributed by atoms with E-state index in [4.69, 9.17) is 9.05 Å². The van der Waals surface area contributed by atoms with Crippen LogP contribution in [0, 0.1) is 0 Å². The molecule has 3 unspecified atom stereocenters. The topological polar surface area (TPSA) is 105 Å². The summed E-state index contributed by atoms with van der Waals surface area (Å²) in [5, 5.41) is 14.0. The number of amides is 1. The minimum Gasteiger partial charge on any atom is -0.387 e. The summed E-state index contributed by atoms with van der Waals surface area (Å²) in [5.74, 6) is -0.177. The lowest BCUT2D eigenvalue weighted by Gasteiger charge is -2.25. The highest BCUT2D eigenvalue weighted by atomic mass is 31.2. The summed E-state index contributed by atoms with van der Waals surface area (Å²) in [6.45, 7) is 4.74. The zero-order valence-corrected chi connectivity index (χ0v) is 59.3. The number of carbonyl (C=O) groups is 1. The molecule has 0 aliphatic carbocycles. The Balaban J connectivity index is 4.05. The summed E-state index contributed by atoms with van der Waals surface area (Å²) in [6, 6.07) is -0.854. The second-order valence-electron chi connectivity index (χ2n) is 26.3. The van der Waals surface area contributed by atoms with E-state index in [1.807, 2.05) is 27.2 Å². The van der Waals surface area contributed by atoms with Crippen molar-refractivity contribution < 1.29 is 32.9 Å². The summed E-state index contributed by atoms with van der Waals surface area (Å²) >= 11 is 0. The fraction of sp³-hybridized carbons (Fsp3) is 0.759. The second-order valence-corrected chi connectivity index (χ2v) is 27.7. The molecule has 510 valence electrons. The van der Waals surface area contributed by atoms with Gasteiger partial charge in [-0.1, -0.05) is 354 Å². The Labute approximate surface area is 546 Å². The van der Waals surface area contributed by atoms with Crippen LogP contribution in [-0.4, -0.2) is 73.4 Å². The number of nitrogens with zero attached hydrogens (tertiary/aromatic N) is 1. The van der Waals surface area contributed by atoms with E-state index in [1.54, 1.807) is 6.08 Å². The van der Waals surface area contributed by atoms with Gasteiger partial charge >= 0.3 is 7.82 Å². The Bertz CT molecular complexity index is 1810. The molecule has 0 bridgehead atoms. The second kappa shape index (κ2) is 68.5. The predicted molar refractivity (Wildman–Crippen MR) is 387 cm³/mol. The number of aliphatic hydroxyl groups excluding tert-OH is 1. The molecule has 0 aliphatic heterocycles. The van der Waals surface area contributed by atoms with Crippen molar-refractivity contribution in [1.29, 1.82) is 0 Å². The molecule has 88 heavy (non-hydrogen) atoms. The van der Waals surface area contributed by atoms with Gasteiger partial charge in [0.1, 0.15) is 13.2 Å². The number of nitrogens with one attached hydrogen (secondary N) is 1. The van der Waals surface area contributed by atoms with E-state index >= 15 is 0 Å². The maximum absolute atomic E-state index is 13.1. The van der Waals surface area contributed by atoms with Crippen molar-refractivity contribution in [1.82, 2.24) is 5.32 Å². The molecular formula is C79H144N2O6P+. The number of carbonyl (C=O) groups excluding carboxylic acids is 1. The lowest BCUT2D eigenvalue weighted by atomic mass is 10.0. The zero-order valence-electron chi connectivity index (χ0n) is 58.4. The van der Waals surface area contributed by atoms with Gasteiger partial charge in [0.2, 0.25) is 5.91 Å². The van der Waals surface area contributed by atoms with Gasteiger partial charge in [-0.05, 0) is 83.5 Å². The highest BCUT2D eigenvalue weighted by Gasteiger charge is 2.28. The van der Waals surface area contributed by atoms with Crippen LogP contribution in [0.25, 0.3) is 0 Å². The van der Waals surface area contributed by atoms with E-state index in [0.717, 1.165) is 89.9 Å². The van der Waals surface area contributed by atoms with E-state index in [-0.39, 0.29) is 19.1 Å². The maximum atomic E-state index is 13.1. The summed E-state index contributed by atoms with van der Waals surface area (Å²) in [6.07, 6.45) is 101. The summed E-state index contributed by atoms with van der Waals surface area (Å²) in [5.41, 5.74) is 0. The summed E-state index contributed by atoms with van der Waals surface area (Å²) < 4.78 is 23.9. The number of hydrogen-bond donors (Lipinski definition) is 3. The number of quaternary nitrogens is 1. The predicted octanol–water partition coefficient (Wildman–Crippen LogP) is 24.2. The third-order valence-electron chi connectivity index (χ3n) is 16.5. The minimum atomic E-state index is -4.36. The Morgan fingerprint density at radius 3 is 1.00 bits per heavy atom. The molecule has 0 aromatic heterocycles. The molecule has 0 aromatic rings. The van der Waals surface area contributed by atoms with E-state index in [0.29, 0.717) is 17.4 Å². The van der Waals surface area contributed by atoms with E-state index in [1.165, 1.54) is 225 Å². The average molecular weight is 1250 g/mol. The smallest absolute Gasteiger partial charge is 0.387 e. The number of unbranched alkanes of at least 4 members (excludes halogenated alkanes) is 39. The standard InChI is InChI=1S/C79H143N2O6P/c1-6-8-10-12-14-16-18-20-22-24-26-28-30-32-34-35-36-37-38-39-40-41-42-43-44-45-47-49-51-53-55-57-59-61-63-65-67-69-71-73-79(83)80-77(76-87-88(84,85)86-75-74-81(3,4)5)78(82)72-70-68-66-64-62-60-58-56-54-52-50-48-46-33-31-29-27-25-23-21-19-17-15-13-11-9-7-2/h8,10,14,16,20,22,26,28,32,34,36-37,39-40,42-43,70,72,77-78,82H,6-7,9,11-13,15,17-19,21,23-25,27,29-31,33,35,38,41,44-69,71,73-76H2,1-5H3,(H-,80,83,84,85)/p+1/b10-8-,16-14-,22-20-,28-26-,34-32-,37-36-,40-39-,43-42-,72-70+. The molecular weight excluding hydrogens is 1100 g/mol. The molecule has 0 fully saturated rings. The highest BCUT2D eigenvalue weighted by molar-refractivity contribution is 7.47. The molecule has 0 aromatic carbocycles. The van der Waals surface area contributed by atoms with Gasteiger partial charge in [0.15, 0.2) is 0 Å². The number of likely N-dealkylation sites (N-methyl/N-ethyl adjacent to an activating group) is 1. The fourth-order valence-electron chi connectivity index (χ4n) is 10.8. The molecule has 9 heteroatoms. The number of hydrogen-bond acceptors (Lipinski definition) is 5. The summed E-state index contributed by atoms with van der Waals surface area (Å²) in [4.78, 5) is 23.5. The van der Waals surface area contributed by atoms with E-state index in [2.05, 4.69) is 116 Å². The lowest BCUT2D eigenvalue weighted by Crippen LogP contribution is -2.45. The first kappa shape index (κ1) is 85.2. The van der Waals surface area contributed by atoms with Crippen molar-refractivity contribution in [3.63, 3.8) is 0 Å². The van der Waals surface area contributed by atoms with Crippen LogP contribution in [0.1, 0.15) is 335 Å². The van der Waals surface area contributed by atoms with Gasteiger partial charge in [0, 0.05) is 6.42 Å². The Morgan fingerprint density at radius 2 is 0.682 bits per heavy atom. The molecule has 0 heterocycles. The summed E-state index contributed by atoms with van der Waals surface area (Å²) in [7, 11) is 1.57. The van der Waals surface area contributed by atoms with Crippen LogP contribution < -0.4 is 5.32 Å². The first-order chi connectivity index (χ1) is 43.0. The first-order valence-corrected chi connectivity index (χ1v) is 38.8. The molecule has 0 aliphatic rings. The van der Waals surface area contributed by atoms with Crippen LogP contribution in [-0.2, 0) is 18.4 Å². The van der Waals surface area contributed by atoms with Gasteiger partial charge in [0.25, 0.3) is 0 Å². The van der Waals surface area contributed by atoms with Gasteiger partial charge in [-0.25, -0.2) is 4.57 Å². The normalized spacial score (nSPS) is 14.2. The average Bonchev–Trinajstić information content (AvgIpc) is 3.70. The van der Waals surface area contributed by atoms with Crippen LogP contribution in [0.5, 0.6) is 0 Å². The largest absolute Gasteiger partial charge is 0.472 e. The zero-order chi connectivity index (χ0) is 64.1. The number of phosphoric acid groups is 1. The number of allylic oxidation sites excluding steroid dienone is 17. The number of aliphatic hydroxyl groups is 1. The van der Waals surface area contributed by atoms with Gasteiger partial charge in [-0.3, -0.25) is 13.8 Å². The van der Waals surface area contributed by atoms with Gasteiger partial charge < -0.3 is 19.8 Å². The van der Waals surface area contributed by atoms with Crippen molar-refractivity contribution >= 4 is 13.7 Å². The highest BCUT2D eigenvalue weighted by Crippen LogP contribution is 2.43. The Hall–Kier alpha value is -2.84. The molecule has 0 rings (SSSR count). The first-order valence-electron chi connectivity index (χ1n) is 37.3. The van der Waals surface area contributed by atoms with E-state index in [9.17, 15) is 19.4 Å². The fourth-order valence-corrected chi connectivity index (χ4v) is 11.5. The third-order valence-corrected chi connectivity index (χ3v) is 17.5.